The van der Waals surface area contributed by atoms with Gasteiger partial charge in [-0.3, -0.25) is 0 Å². The lowest BCUT2D eigenvalue weighted by atomic mass is 10.2. The first kappa shape index (κ1) is 17.9. The molecule has 21 heavy (non-hydrogen) atoms. The van der Waals surface area contributed by atoms with Crippen LogP contribution in [0.1, 0.15) is 23.7 Å². The van der Waals surface area contributed by atoms with Gasteiger partial charge in [-0.2, -0.15) is 11.8 Å². The van der Waals surface area contributed by atoms with Crippen molar-refractivity contribution in [2.24, 2.45) is 0 Å². The summed E-state index contributed by atoms with van der Waals surface area (Å²) in [5, 5.41) is 8.96. The van der Waals surface area contributed by atoms with Crippen molar-refractivity contribution in [2.75, 3.05) is 12.8 Å². The largest absolute Gasteiger partial charge is 0.478 e. The quantitative estimate of drug-likeness (QED) is 0.795. The van der Waals surface area contributed by atoms with Crippen LogP contribution in [0.2, 0.25) is 0 Å². The van der Waals surface area contributed by atoms with Crippen molar-refractivity contribution in [3.63, 3.8) is 0 Å². The van der Waals surface area contributed by atoms with Gasteiger partial charge in [0.15, 0.2) is 11.6 Å². The van der Waals surface area contributed by atoms with Gasteiger partial charge in [0, 0.05) is 11.8 Å². The Labute approximate surface area is 125 Å². The second kappa shape index (κ2) is 7.19. The molecule has 1 aromatic rings. The molecule has 0 bridgehead atoms. The van der Waals surface area contributed by atoms with Crippen LogP contribution in [0.15, 0.2) is 17.0 Å². The molecule has 0 fully saturated rings. The Bertz CT molecular complexity index is 634. The zero-order chi connectivity index (χ0) is 16.2. The third-order valence-electron chi connectivity index (χ3n) is 2.78. The molecule has 0 aliphatic heterocycles. The number of hydrogen-bond acceptors (Lipinski definition) is 4. The van der Waals surface area contributed by atoms with Crippen LogP contribution in [0, 0.1) is 11.6 Å². The lowest BCUT2D eigenvalue weighted by Gasteiger charge is -2.11. The predicted octanol–water partition coefficient (Wildman–Crippen LogP) is 2.08. The summed E-state index contributed by atoms with van der Waals surface area (Å²) in [5.74, 6) is -4.65. The van der Waals surface area contributed by atoms with E-state index in [4.69, 9.17) is 5.11 Å². The molecule has 1 unspecified atom stereocenters. The SMILES string of the molecule is CSC(C)CCNS(=O)(=O)c1cc(C(=O)O)cc(F)c1F. The maximum absolute atomic E-state index is 13.6. The minimum atomic E-state index is -4.31. The second-order valence-corrected chi connectivity index (χ2v) is 7.32. The Hall–Kier alpha value is -1.19. The van der Waals surface area contributed by atoms with Crippen molar-refractivity contribution in [1.82, 2.24) is 4.72 Å². The van der Waals surface area contributed by atoms with Gasteiger partial charge >= 0.3 is 5.97 Å². The molecule has 1 aromatic carbocycles. The number of benzene rings is 1. The second-order valence-electron chi connectivity index (χ2n) is 4.31. The average Bonchev–Trinajstić information content (AvgIpc) is 2.40. The summed E-state index contributed by atoms with van der Waals surface area (Å²) in [6.45, 7) is 1.94. The van der Waals surface area contributed by atoms with Crippen LogP contribution in [-0.2, 0) is 10.0 Å². The summed E-state index contributed by atoms with van der Waals surface area (Å²) >= 11 is 1.54. The highest BCUT2D eigenvalue weighted by atomic mass is 32.2. The molecule has 0 amide bonds. The third-order valence-corrected chi connectivity index (χ3v) is 5.28. The maximum Gasteiger partial charge on any atom is 0.335 e. The van der Waals surface area contributed by atoms with Crippen LogP contribution in [-0.4, -0.2) is 37.5 Å². The van der Waals surface area contributed by atoms with Crippen molar-refractivity contribution in [3.8, 4) is 0 Å². The summed E-state index contributed by atoms with van der Waals surface area (Å²) in [5.41, 5.74) is -0.633. The molecule has 9 heteroatoms. The van der Waals surface area contributed by atoms with Crippen molar-refractivity contribution >= 4 is 27.8 Å². The van der Waals surface area contributed by atoms with E-state index in [2.05, 4.69) is 4.72 Å². The molecule has 1 atom stereocenters. The molecule has 0 radical (unpaired) electrons. The van der Waals surface area contributed by atoms with Gasteiger partial charge in [0.1, 0.15) is 4.90 Å². The van der Waals surface area contributed by atoms with Crippen LogP contribution in [0.25, 0.3) is 0 Å². The Kier molecular flexibility index (Phi) is 6.11. The van der Waals surface area contributed by atoms with E-state index < -0.39 is 38.1 Å². The smallest absolute Gasteiger partial charge is 0.335 e. The van der Waals surface area contributed by atoms with Crippen molar-refractivity contribution in [3.05, 3.63) is 29.3 Å². The zero-order valence-corrected chi connectivity index (χ0v) is 13.0. The van der Waals surface area contributed by atoms with Crippen LogP contribution in [0.5, 0.6) is 0 Å². The fourth-order valence-electron chi connectivity index (χ4n) is 1.48. The van der Waals surface area contributed by atoms with Gasteiger partial charge in [0.25, 0.3) is 0 Å². The van der Waals surface area contributed by atoms with Crippen LogP contribution in [0.3, 0.4) is 0 Å². The van der Waals surface area contributed by atoms with Gasteiger partial charge in [-0.15, -0.1) is 0 Å². The first-order valence-electron chi connectivity index (χ1n) is 5.94. The van der Waals surface area contributed by atoms with Crippen LogP contribution < -0.4 is 4.72 Å². The van der Waals surface area contributed by atoms with Crippen molar-refractivity contribution < 1.29 is 27.1 Å². The molecule has 0 heterocycles. The van der Waals surface area contributed by atoms with E-state index in [1.165, 1.54) is 11.8 Å². The van der Waals surface area contributed by atoms with Crippen molar-refractivity contribution in [1.29, 1.82) is 0 Å². The van der Waals surface area contributed by atoms with Gasteiger partial charge in [-0.25, -0.2) is 26.7 Å². The molecule has 0 aliphatic rings. The molecule has 0 aliphatic carbocycles. The molecule has 0 aromatic heterocycles. The molecule has 118 valence electrons. The monoisotopic (exact) mass is 339 g/mol. The number of sulfonamides is 1. The summed E-state index contributed by atoms with van der Waals surface area (Å²) < 4.78 is 52.9. The predicted molar refractivity (Wildman–Crippen MR) is 76.1 cm³/mol. The Morgan fingerprint density at radius 2 is 2.05 bits per heavy atom. The van der Waals surface area contributed by atoms with Crippen LogP contribution in [0.4, 0.5) is 8.78 Å². The minimum Gasteiger partial charge on any atom is -0.478 e. The molecule has 0 saturated heterocycles. The topological polar surface area (TPSA) is 83.5 Å². The average molecular weight is 339 g/mol. The van der Waals surface area contributed by atoms with E-state index in [0.29, 0.717) is 18.6 Å². The normalized spacial score (nSPS) is 13.1. The van der Waals surface area contributed by atoms with Gasteiger partial charge in [0.05, 0.1) is 5.56 Å². The fraction of sp³-hybridized carbons (Fsp3) is 0.417. The number of nitrogens with one attached hydrogen (secondary N) is 1. The number of rotatable bonds is 7. The van der Waals surface area contributed by atoms with Gasteiger partial charge in [-0.1, -0.05) is 6.92 Å². The summed E-state index contributed by atoms with van der Waals surface area (Å²) in [7, 11) is -4.31. The number of carbonyl (C=O) groups is 1. The van der Waals surface area contributed by atoms with E-state index in [0.717, 1.165) is 0 Å². The zero-order valence-electron chi connectivity index (χ0n) is 11.4. The van der Waals surface area contributed by atoms with E-state index in [9.17, 15) is 22.0 Å². The van der Waals surface area contributed by atoms with Crippen molar-refractivity contribution in [2.45, 2.75) is 23.5 Å². The molecule has 0 saturated carbocycles. The van der Waals surface area contributed by atoms with E-state index in [1.54, 1.807) is 0 Å². The standard InChI is InChI=1S/C12H15F2NO4S2/c1-7(20-2)3-4-15-21(18,19)10-6-8(12(16)17)5-9(13)11(10)14/h5-7,15H,3-4H2,1-2H3,(H,16,17). The lowest BCUT2D eigenvalue weighted by Crippen LogP contribution is -2.27. The summed E-state index contributed by atoms with van der Waals surface area (Å²) in [4.78, 5) is 9.78. The Morgan fingerprint density at radius 3 is 2.57 bits per heavy atom. The Balaban J connectivity index is 3.05. The number of thioether (sulfide) groups is 1. The molecule has 2 N–H and O–H groups in total. The van der Waals surface area contributed by atoms with Gasteiger partial charge in [0.2, 0.25) is 10.0 Å². The summed E-state index contributed by atoms with van der Waals surface area (Å²) in [6.07, 6.45) is 2.37. The minimum absolute atomic E-state index is 0.0443. The first-order valence-corrected chi connectivity index (χ1v) is 8.71. The summed E-state index contributed by atoms with van der Waals surface area (Å²) in [6, 6.07) is 1.04. The number of aromatic carboxylic acids is 1. The molecule has 0 spiro atoms. The number of carboxylic acid groups (broad SMARTS) is 1. The fourth-order valence-corrected chi connectivity index (χ4v) is 2.99. The number of hydrogen-bond donors (Lipinski definition) is 2. The first-order chi connectivity index (χ1) is 9.69. The highest BCUT2D eigenvalue weighted by Crippen LogP contribution is 2.20. The molecule has 5 nitrogen and oxygen atoms in total. The highest BCUT2D eigenvalue weighted by Gasteiger charge is 2.24. The van der Waals surface area contributed by atoms with Gasteiger partial charge < -0.3 is 5.11 Å². The van der Waals surface area contributed by atoms with E-state index in [1.807, 2.05) is 13.2 Å². The number of halogens is 2. The molecule has 1 rings (SSSR count). The lowest BCUT2D eigenvalue weighted by molar-refractivity contribution is 0.0696. The molecular weight excluding hydrogens is 324 g/mol. The molecular formula is C12H15F2NO4S2. The highest BCUT2D eigenvalue weighted by molar-refractivity contribution is 7.99. The van der Waals surface area contributed by atoms with Crippen LogP contribution >= 0.6 is 11.8 Å². The Morgan fingerprint density at radius 1 is 1.43 bits per heavy atom. The van der Waals surface area contributed by atoms with E-state index in [-0.39, 0.29) is 11.8 Å². The number of carboxylic acids is 1. The van der Waals surface area contributed by atoms with E-state index >= 15 is 0 Å². The maximum atomic E-state index is 13.6. The third kappa shape index (κ3) is 4.65. The van der Waals surface area contributed by atoms with Gasteiger partial charge in [-0.05, 0) is 24.8 Å².